The van der Waals surface area contributed by atoms with Crippen LogP contribution in [0.2, 0.25) is 0 Å². The molecule has 28 heavy (non-hydrogen) atoms. The van der Waals surface area contributed by atoms with Crippen molar-refractivity contribution in [3.63, 3.8) is 0 Å². The first-order chi connectivity index (χ1) is 13.6. The first kappa shape index (κ1) is 16.0. The van der Waals surface area contributed by atoms with E-state index in [-0.39, 0.29) is 5.41 Å². The van der Waals surface area contributed by atoms with Crippen LogP contribution in [-0.4, -0.2) is 4.98 Å². The van der Waals surface area contributed by atoms with Gasteiger partial charge in [0.1, 0.15) is 0 Å². The Kier molecular flexibility index (Phi) is 3.16. The maximum Gasteiger partial charge on any atom is 0.0708 e. The fourth-order valence-corrected chi connectivity index (χ4v) is 5.73. The molecule has 0 aliphatic heterocycles. The Hall–Kier alpha value is -2.97. The third-order valence-corrected chi connectivity index (χ3v) is 7.26. The van der Waals surface area contributed by atoms with Crippen molar-refractivity contribution in [2.45, 2.75) is 19.3 Å². The number of hydrogen-bond donors (Lipinski definition) is 0. The number of nitrogens with zero attached hydrogens (tertiary/aromatic N) is 1. The molecule has 0 N–H and O–H groups in total. The van der Waals surface area contributed by atoms with E-state index < -0.39 is 0 Å². The summed E-state index contributed by atoms with van der Waals surface area (Å²) in [6, 6.07) is 26.3. The summed E-state index contributed by atoms with van der Waals surface area (Å²) in [7, 11) is 0. The second kappa shape index (κ2) is 5.52. The highest BCUT2D eigenvalue weighted by molar-refractivity contribution is 7.25. The normalized spacial score (nSPS) is 14.4. The lowest BCUT2D eigenvalue weighted by molar-refractivity contribution is 0.658. The van der Waals surface area contributed by atoms with E-state index in [4.69, 9.17) is 4.98 Å². The summed E-state index contributed by atoms with van der Waals surface area (Å²) in [5, 5.41) is 2.72. The van der Waals surface area contributed by atoms with Gasteiger partial charge in [0.25, 0.3) is 0 Å². The summed E-state index contributed by atoms with van der Waals surface area (Å²) in [4.78, 5) is 4.81. The third kappa shape index (κ3) is 2.10. The summed E-state index contributed by atoms with van der Waals surface area (Å²) in [5.74, 6) is 0. The average molecular weight is 378 g/mol. The van der Waals surface area contributed by atoms with Crippen LogP contribution in [0.15, 0.2) is 79.0 Å². The van der Waals surface area contributed by atoms with Crippen LogP contribution < -0.4 is 0 Å². The van der Waals surface area contributed by atoms with Gasteiger partial charge in [0, 0.05) is 37.3 Å². The molecule has 0 unspecified atom stereocenters. The van der Waals surface area contributed by atoms with Gasteiger partial charge in [-0.25, -0.2) is 0 Å². The second-order valence-corrected chi connectivity index (χ2v) is 9.18. The van der Waals surface area contributed by atoms with Crippen molar-refractivity contribution >= 4 is 31.5 Å². The molecule has 0 amide bonds. The molecule has 1 nitrogen and oxygen atoms in total. The van der Waals surface area contributed by atoms with Gasteiger partial charge in [0.2, 0.25) is 0 Å². The van der Waals surface area contributed by atoms with E-state index in [0.29, 0.717) is 0 Å². The first-order valence-electron chi connectivity index (χ1n) is 9.65. The molecule has 0 atom stereocenters. The van der Waals surface area contributed by atoms with Crippen LogP contribution in [0.4, 0.5) is 0 Å². The molecule has 0 saturated heterocycles. The fraction of sp³-hybridized carbons (Fsp3) is 0.115. The number of pyridine rings is 1. The Balaban J connectivity index is 1.66. The molecule has 0 bridgehead atoms. The standard InChI is InChI=1S/C26H19NS/c1-26(2)21-14-25-20(17-10-6-7-11-24(17)28-25)12-18(21)19-13-23(27-15-22(19)26)16-8-4-3-5-9-16/h3-15H,1-2H3. The molecule has 6 rings (SSSR count). The predicted octanol–water partition coefficient (Wildman–Crippen LogP) is 7.42. The molecule has 134 valence electrons. The Morgan fingerprint density at radius 3 is 2.32 bits per heavy atom. The molecule has 3 aromatic carbocycles. The van der Waals surface area contributed by atoms with Crippen molar-refractivity contribution in [2.24, 2.45) is 0 Å². The summed E-state index contributed by atoms with van der Waals surface area (Å²) < 4.78 is 2.73. The minimum Gasteiger partial charge on any atom is -0.256 e. The van der Waals surface area contributed by atoms with E-state index in [1.807, 2.05) is 17.4 Å². The molecule has 2 aromatic heterocycles. The van der Waals surface area contributed by atoms with E-state index in [1.165, 1.54) is 48.0 Å². The lowest BCUT2D eigenvalue weighted by atomic mass is 9.83. The molecule has 0 saturated carbocycles. The summed E-state index contributed by atoms with van der Waals surface area (Å²) in [6.07, 6.45) is 2.09. The first-order valence-corrected chi connectivity index (χ1v) is 10.5. The van der Waals surface area contributed by atoms with E-state index in [2.05, 4.69) is 86.8 Å². The highest BCUT2D eigenvalue weighted by atomic mass is 32.1. The average Bonchev–Trinajstić information content (AvgIpc) is 3.20. The van der Waals surface area contributed by atoms with Crippen molar-refractivity contribution in [2.75, 3.05) is 0 Å². The lowest BCUT2D eigenvalue weighted by Gasteiger charge is -2.21. The van der Waals surface area contributed by atoms with Crippen LogP contribution in [0.3, 0.4) is 0 Å². The molecule has 1 aliphatic carbocycles. The van der Waals surface area contributed by atoms with Crippen LogP contribution in [0.5, 0.6) is 0 Å². The van der Waals surface area contributed by atoms with Gasteiger partial charge in [0.15, 0.2) is 0 Å². The molecule has 2 heterocycles. The Bertz CT molecular complexity index is 1380. The molecule has 0 radical (unpaired) electrons. The SMILES string of the molecule is CC1(C)c2cnc(-c3ccccc3)cc2-c2cc3c(cc21)sc1ccccc13. The number of benzene rings is 3. The largest absolute Gasteiger partial charge is 0.256 e. The van der Waals surface area contributed by atoms with Crippen molar-refractivity contribution < 1.29 is 0 Å². The summed E-state index contributed by atoms with van der Waals surface area (Å²) in [6.45, 7) is 4.64. The molecular formula is C26H19NS. The van der Waals surface area contributed by atoms with Gasteiger partial charge >= 0.3 is 0 Å². The summed E-state index contributed by atoms with van der Waals surface area (Å²) in [5.41, 5.74) is 7.59. The zero-order valence-corrected chi connectivity index (χ0v) is 16.7. The Labute approximate surface area is 168 Å². The van der Waals surface area contributed by atoms with Crippen molar-refractivity contribution in [3.05, 3.63) is 90.1 Å². The number of thiophene rings is 1. The maximum absolute atomic E-state index is 4.81. The highest BCUT2D eigenvalue weighted by Crippen LogP contribution is 2.51. The smallest absolute Gasteiger partial charge is 0.0708 e. The quantitative estimate of drug-likeness (QED) is 0.296. The monoisotopic (exact) mass is 377 g/mol. The molecule has 5 aromatic rings. The maximum atomic E-state index is 4.81. The molecule has 0 spiro atoms. The van der Waals surface area contributed by atoms with Gasteiger partial charge < -0.3 is 0 Å². The minimum atomic E-state index is -0.0305. The highest BCUT2D eigenvalue weighted by Gasteiger charge is 2.36. The van der Waals surface area contributed by atoms with E-state index in [9.17, 15) is 0 Å². The van der Waals surface area contributed by atoms with E-state index >= 15 is 0 Å². The third-order valence-electron chi connectivity index (χ3n) is 6.13. The Morgan fingerprint density at radius 1 is 0.714 bits per heavy atom. The zero-order chi connectivity index (χ0) is 18.9. The van der Waals surface area contributed by atoms with Crippen molar-refractivity contribution in [1.82, 2.24) is 4.98 Å². The molecular weight excluding hydrogens is 358 g/mol. The van der Waals surface area contributed by atoms with Crippen molar-refractivity contribution in [1.29, 1.82) is 0 Å². The van der Waals surface area contributed by atoms with Crippen LogP contribution in [-0.2, 0) is 5.41 Å². The van der Waals surface area contributed by atoms with Gasteiger partial charge in [-0.2, -0.15) is 0 Å². The van der Waals surface area contributed by atoms with Crippen LogP contribution in [0.1, 0.15) is 25.0 Å². The lowest BCUT2D eigenvalue weighted by Crippen LogP contribution is -2.15. The number of fused-ring (bicyclic) bond motifs is 6. The van der Waals surface area contributed by atoms with E-state index in [0.717, 1.165) is 5.69 Å². The number of hydrogen-bond acceptors (Lipinski definition) is 2. The van der Waals surface area contributed by atoms with Gasteiger partial charge in [-0.1, -0.05) is 62.4 Å². The second-order valence-electron chi connectivity index (χ2n) is 8.10. The summed E-state index contributed by atoms with van der Waals surface area (Å²) >= 11 is 1.89. The predicted molar refractivity (Wildman–Crippen MR) is 120 cm³/mol. The number of aromatic nitrogens is 1. The van der Waals surface area contributed by atoms with Crippen LogP contribution in [0.25, 0.3) is 42.6 Å². The van der Waals surface area contributed by atoms with E-state index in [1.54, 1.807) is 0 Å². The van der Waals surface area contributed by atoms with Gasteiger partial charge in [-0.3, -0.25) is 4.98 Å². The van der Waals surface area contributed by atoms with Crippen molar-refractivity contribution in [3.8, 4) is 22.4 Å². The minimum absolute atomic E-state index is 0.0305. The van der Waals surface area contributed by atoms with Gasteiger partial charge in [-0.05, 0) is 46.5 Å². The zero-order valence-electron chi connectivity index (χ0n) is 15.9. The molecule has 2 heteroatoms. The van der Waals surface area contributed by atoms with Gasteiger partial charge in [-0.15, -0.1) is 11.3 Å². The Morgan fingerprint density at radius 2 is 1.46 bits per heavy atom. The van der Waals surface area contributed by atoms with Crippen LogP contribution >= 0.6 is 11.3 Å². The topological polar surface area (TPSA) is 12.9 Å². The molecule has 0 fully saturated rings. The van der Waals surface area contributed by atoms with Gasteiger partial charge in [0.05, 0.1) is 5.69 Å². The fourth-order valence-electron chi connectivity index (χ4n) is 4.60. The van der Waals surface area contributed by atoms with Crippen LogP contribution in [0, 0.1) is 0 Å². The number of rotatable bonds is 1. The molecule has 1 aliphatic rings.